The van der Waals surface area contributed by atoms with E-state index in [9.17, 15) is 14.4 Å². The van der Waals surface area contributed by atoms with E-state index < -0.39 is 17.3 Å². The molecule has 1 fully saturated rings. The van der Waals surface area contributed by atoms with Crippen LogP contribution in [0, 0.1) is 6.92 Å². The highest BCUT2D eigenvalue weighted by Crippen LogP contribution is 2.37. The summed E-state index contributed by atoms with van der Waals surface area (Å²) >= 11 is 1.36. The first kappa shape index (κ1) is 23.9. The van der Waals surface area contributed by atoms with Gasteiger partial charge in [-0.2, -0.15) is 0 Å². The number of nitrogens with one attached hydrogen (secondary N) is 1. The van der Waals surface area contributed by atoms with Gasteiger partial charge in [-0.05, 0) is 33.6 Å². The Hall–Kier alpha value is -3.87. The van der Waals surface area contributed by atoms with Gasteiger partial charge >= 0.3 is 5.69 Å². The van der Waals surface area contributed by atoms with Crippen LogP contribution in [-0.2, 0) is 18.9 Å². The van der Waals surface area contributed by atoms with Crippen LogP contribution >= 0.6 is 11.3 Å². The molecule has 4 aromatic rings. The summed E-state index contributed by atoms with van der Waals surface area (Å²) < 4.78 is 3.77. The van der Waals surface area contributed by atoms with Crippen LogP contribution in [0.25, 0.3) is 22.4 Å². The monoisotopic (exact) mass is 509 g/mol. The molecule has 1 aliphatic heterocycles. The number of carbonyl (C=O) groups is 1. The molecular formula is C23H27N9O3S. The predicted molar refractivity (Wildman–Crippen MR) is 137 cm³/mol. The maximum absolute atomic E-state index is 13.2. The molecule has 13 heteroatoms. The summed E-state index contributed by atoms with van der Waals surface area (Å²) in [6.45, 7) is 6.73. The zero-order chi connectivity index (χ0) is 25.7. The predicted octanol–water partition coefficient (Wildman–Crippen LogP) is 1.84. The van der Waals surface area contributed by atoms with E-state index in [2.05, 4.69) is 32.1 Å². The van der Waals surface area contributed by atoms with E-state index in [4.69, 9.17) is 4.98 Å². The number of imidazole rings is 1. The van der Waals surface area contributed by atoms with Gasteiger partial charge in [0.25, 0.3) is 5.56 Å². The number of anilines is 2. The number of nitrogens with zero attached hydrogens (tertiary/aromatic N) is 8. The Balaban J connectivity index is 1.45. The van der Waals surface area contributed by atoms with Crippen molar-refractivity contribution in [2.45, 2.75) is 45.7 Å². The minimum atomic E-state index is -0.770. The first-order chi connectivity index (χ1) is 17.2. The van der Waals surface area contributed by atoms with Crippen LogP contribution in [0.15, 0.2) is 28.4 Å². The zero-order valence-corrected chi connectivity index (χ0v) is 21.5. The number of aryl methyl sites for hydroxylation is 2. The molecular weight excluding hydrogens is 482 g/mol. The standard InChI is InChI=1S/C23H27N9O3S/c1-12-7-6-8-31(12)18-15(9-24-10-25-18)16-14(3)36-22(27-16)28-20(33)13(2)32-11-26-19-17(32)21(34)30(5)23(35)29(19)4/h9-13H,6-8H2,1-5H3,(H,27,28,33). The fourth-order valence-corrected chi connectivity index (χ4v) is 5.49. The molecule has 0 saturated carbocycles. The van der Waals surface area contributed by atoms with Gasteiger partial charge in [0, 0.05) is 37.8 Å². The van der Waals surface area contributed by atoms with Gasteiger partial charge < -0.3 is 14.8 Å². The van der Waals surface area contributed by atoms with Crippen molar-refractivity contribution in [3.05, 3.63) is 44.6 Å². The minimum Gasteiger partial charge on any atom is -0.353 e. The van der Waals surface area contributed by atoms with Crippen molar-refractivity contribution in [3.63, 3.8) is 0 Å². The van der Waals surface area contributed by atoms with Crippen LogP contribution in [-0.4, -0.2) is 52.1 Å². The summed E-state index contributed by atoms with van der Waals surface area (Å²) in [4.78, 5) is 59.0. The van der Waals surface area contributed by atoms with Crippen LogP contribution in [0.4, 0.5) is 10.9 Å². The molecule has 1 aliphatic rings. The van der Waals surface area contributed by atoms with Crippen LogP contribution in [0.1, 0.15) is 37.6 Å². The van der Waals surface area contributed by atoms with Crippen molar-refractivity contribution in [1.82, 2.24) is 33.6 Å². The number of thiazole rings is 1. The highest BCUT2D eigenvalue weighted by molar-refractivity contribution is 7.16. The second kappa shape index (κ2) is 8.97. The van der Waals surface area contributed by atoms with Gasteiger partial charge in [0.15, 0.2) is 16.3 Å². The number of hydrogen-bond acceptors (Lipinski definition) is 9. The molecule has 1 N–H and O–H groups in total. The van der Waals surface area contributed by atoms with Gasteiger partial charge in [-0.25, -0.2) is 24.7 Å². The summed E-state index contributed by atoms with van der Waals surface area (Å²) in [6.07, 6.45) is 6.94. The molecule has 5 rings (SSSR count). The first-order valence-electron chi connectivity index (χ1n) is 11.7. The van der Waals surface area contributed by atoms with E-state index in [-0.39, 0.29) is 17.1 Å². The quantitative estimate of drug-likeness (QED) is 0.431. The Kier molecular flexibility index (Phi) is 5.94. The third-order valence-corrected chi connectivity index (χ3v) is 7.65. The number of fused-ring (bicyclic) bond motifs is 1. The van der Waals surface area contributed by atoms with Crippen molar-refractivity contribution in [1.29, 1.82) is 0 Å². The Morgan fingerprint density at radius 3 is 2.72 bits per heavy atom. The van der Waals surface area contributed by atoms with E-state index in [1.807, 2.05) is 6.92 Å². The van der Waals surface area contributed by atoms with E-state index in [1.54, 1.807) is 19.4 Å². The van der Waals surface area contributed by atoms with E-state index in [1.165, 1.54) is 40.9 Å². The van der Waals surface area contributed by atoms with Crippen molar-refractivity contribution < 1.29 is 4.79 Å². The minimum absolute atomic E-state index is 0.184. The Morgan fingerprint density at radius 1 is 1.22 bits per heavy atom. The van der Waals surface area contributed by atoms with Crippen LogP contribution < -0.4 is 21.5 Å². The summed E-state index contributed by atoms with van der Waals surface area (Å²) in [5.41, 5.74) is 0.985. The lowest BCUT2D eigenvalue weighted by Crippen LogP contribution is -2.38. The maximum atomic E-state index is 13.2. The Morgan fingerprint density at radius 2 is 2.00 bits per heavy atom. The van der Waals surface area contributed by atoms with E-state index in [0.717, 1.165) is 45.9 Å². The van der Waals surface area contributed by atoms with Crippen LogP contribution in [0.2, 0.25) is 0 Å². The third-order valence-electron chi connectivity index (χ3n) is 6.77. The number of rotatable bonds is 5. The second-order valence-corrected chi connectivity index (χ2v) is 10.3. The lowest BCUT2D eigenvalue weighted by molar-refractivity contribution is -0.118. The fourth-order valence-electron chi connectivity index (χ4n) is 4.66. The normalized spacial score (nSPS) is 16.6. The SMILES string of the molecule is Cc1sc(NC(=O)C(C)n2cnc3c2c(=O)n(C)c(=O)n3C)nc1-c1cncnc1N1CCCC1C. The largest absolute Gasteiger partial charge is 0.353 e. The molecule has 0 aromatic carbocycles. The zero-order valence-electron chi connectivity index (χ0n) is 20.7. The lowest BCUT2D eigenvalue weighted by atomic mass is 10.2. The van der Waals surface area contributed by atoms with Crippen molar-refractivity contribution in [2.75, 3.05) is 16.8 Å². The molecule has 5 heterocycles. The molecule has 2 unspecified atom stereocenters. The molecule has 1 amide bonds. The third kappa shape index (κ3) is 3.79. The Labute approximate surface area is 210 Å². The van der Waals surface area contributed by atoms with Crippen LogP contribution in [0.5, 0.6) is 0 Å². The summed E-state index contributed by atoms with van der Waals surface area (Å²) in [7, 11) is 2.94. The topological polar surface area (TPSA) is 133 Å². The summed E-state index contributed by atoms with van der Waals surface area (Å²) in [5, 5.41) is 3.31. The number of hydrogen-bond donors (Lipinski definition) is 1. The van der Waals surface area contributed by atoms with Gasteiger partial charge in [0.2, 0.25) is 5.91 Å². The van der Waals surface area contributed by atoms with Gasteiger partial charge in [0.1, 0.15) is 18.2 Å². The summed E-state index contributed by atoms with van der Waals surface area (Å²) in [5.74, 6) is 0.490. The highest BCUT2D eigenvalue weighted by atomic mass is 32.1. The summed E-state index contributed by atoms with van der Waals surface area (Å²) in [6, 6.07) is -0.385. The molecule has 36 heavy (non-hydrogen) atoms. The molecule has 2 atom stereocenters. The van der Waals surface area contributed by atoms with Gasteiger partial charge in [-0.3, -0.25) is 18.7 Å². The molecule has 1 saturated heterocycles. The first-order valence-corrected chi connectivity index (χ1v) is 12.5. The maximum Gasteiger partial charge on any atom is 0.332 e. The van der Waals surface area contributed by atoms with Crippen molar-refractivity contribution in [3.8, 4) is 11.3 Å². The molecule has 0 aliphatic carbocycles. The Bertz CT molecular complexity index is 1600. The molecule has 188 valence electrons. The molecule has 4 aromatic heterocycles. The molecule has 12 nitrogen and oxygen atoms in total. The number of amides is 1. The molecule has 0 spiro atoms. The van der Waals surface area contributed by atoms with Gasteiger partial charge in [-0.1, -0.05) is 0 Å². The average Bonchev–Trinajstić information content (AvgIpc) is 3.59. The smallest absolute Gasteiger partial charge is 0.332 e. The number of carbonyl (C=O) groups excluding carboxylic acids is 1. The lowest BCUT2D eigenvalue weighted by Gasteiger charge is -2.24. The number of aromatic nitrogens is 7. The second-order valence-electron chi connectivity index (χ2n) is 9.06. The van der Waals surface area contributed by atoms with Gasteiger partial charge in [-0.15, -0.1) is 11.3 Å². The van der Waals surface area contributed by atoms with E-state index in [0.29, 0.717) is 11.2 Å². The highest BCUT2D eigenvalue weighted by Gasteiger charge is 2.27. The fraction of sp³-hybridized carbons (Fsp3) is 0.435. The van der Waals surface area contributed by atoms with Crippen molar-refractivity contribution in [2.24, 2.45) is 14.1 Å². The van der Waals surface area contributed by atoms with Crippen LogP contribution in [0.3, 0.4) is 0 Å². The van der Waals surface area contributed by atoms with Crippen molar-refractivity contribution >= 4 is 39.4 Å². The van der Waals surface area contributed by atoms with E-state index >= 15 is 0 Å². The van der Waals surface area contributed by atoms with Gasteiger partial charge in [0.05, 0.1) is 17.6 Å². The average molecular weight is 510 g/mol. The molecule has 0 bridgehead atoms. The molecule has 0 radical (unpaired) electrons.